The summed E-state index contributed by atoms with van der Waals surface area (Å²) in [6.07, 6.45) is 2.46. The Hall–Kier alpha value is -2.61. The molecule has 2 aliphatic heterocycles. The number of hydrogen-bond acceptors (Lipinski definition) is 4. The number of rotatable bonds is 4. The van der Waals surface area contributed by atoms with Crippen molar-refractivity contribution in [2.24, 2.45) is 5.92 Å². The molecule has 5 rings (SSSR count). The Kier molecular flexibility index (Phi) is 6.03. The van der Waals surface area contributed by atoms with E-state index in [0.717, 1.165) is 31.0 Å². The Morgan fingerprint density at radius 1 is 1.12 bits per heavy atom. The molecule has 2 fully saturated rings. The summed E-state index contributed by atoms with van der Waals surface area (Å²) < 4.78 is 40.1. The number of carbonyl (C=O) groups excluding carboxylic acids is 1. The van der Waals surface area contributed by atoms with Crippen molar-refractivity contribution in [3.63, 3.8) is 0 Å². The van der Waals surface area contributed by atoms with Crippen molar-refractivity contribution in [1.29, 1.82) is 0 Å². The zero-order valence-electron chi connectivity index (χ0n) is 18.5. The predicted molar refractivity (Wildman–Crippen MR) is 120 cm³/mol. The quantitative estimate of drug-likeness (QED) is 0.752. The average Bonchev–Trinajstić information content (AvgIpc) is 3.36. The number of hydrogen-bond donors (Lipinski definition) is 1. The number of nitrogens with one attached hydrogen (secondary N) is 1. The fraction of sp³-hybridized carbons (Fsp3) is 0.520. The second-order valence-corrected chi connectivity index (χ2v) is 9.38. The normalized spacial score (nSPS) is 23.8. The molecule has 0 bridgehead atoms. The van der Waals surface area contributed by atoms with Gasteiger partial charge in [-0.1, -0.05) is 18.9 Å². The molecular formula is C25H29F3N4O. The van der Waals surface area contributed by atoms with Gasteiger partial charge in [0.2, 0.25) is 5.91 Å². The monoisotopic (exact) mass is 458 g/mol. The van der Waals surface area contributed by atoms with Crippen LogP contribution in [0.15, 0.2) is 42.6 Å². The van der Waals surface area contributed by atoms with Gasteiger partial charge in [0.1, 0.15) is 0 Å². The number of pyridine rings is 1. The van der Waals surface area contributed by atoms with Crippen molar-refractivity contribution < 1.29 is 18.0 Å². The number of piperazine rings is 1. The zero-order chi connectivity index (χ0) is 23.0. The molecule has 8 heteroatoms. The lowest BCUT2D eigenvalue weighted by molar-refractivity contribution is -0.137. The van der Waals surface area contributed by atoms with Gasteiger partial charge >= 0.3 is 6.18 Å². The standard InChI is InChI=1S/C25H29F3N4O/c26-25(27,28)18-8-9-22-17(13-18)14-21(24(33)30-15-19-5-3-4-10-29-19)23-16-31(11-12-32(22)23)20-6-1-2-7-20/h3-5,8-10,13,20-21,23H,1-2,6-7,11-12,14-16H2,(H,30,33)/t21-,23-/m0/s1. The van der Waals surface area contributed by atoms with Crippen molar-refractivity contribution in [1.82, 2.24) is 15.2 Å². The molecule has 0 unspecified atom stereocenters. The summed E-state index contributed by atoms with van der Waals surface area (Å²) in [6, 6.07) is 10.0. The van der Waals surface area contributed by atoms with Crippen LogP contribution in [0.1, 0.15) is 42.5 Å². The molecule has 1 amide bonds. The molecule has 176 valence electrons. The summed E-state index contributed by atoms with van der Waals surface area (Å²) in [6.45, 7) is 2.69. The summed E-state index contributed by atoms with van der Waals surface area (Å²) in [4.78, 5) is 22.3. The number of carbonyl (C=O) groups is 1. The van der Waals surface area contributed by atoms with E-state index in [0.29, 0.717) is 24.6 Å². The lowest BCUT2D eigenvalue weighted by atomic mass is 9.82. The minimum atomic E-state index is -4.40. The van der Waals surface area contributed by atoms with Gasteiger partial charge in [-0.25, -0.2) is 0 Å². The number of halogens is 3. The smallest absolute Gasteiger partial charge is 0.365 e. The molecule has 3 aliphatic rings. The van der Waals surface area contributed by atoms with Crippen LogP contribution in [0.2, 0.25) is 0 Å². The number of amides is 1. The molecule has 1 aliphatic carbocycles. The molecule has 0 radical (unpaired) electrons. The SMILES string of the molecule is O=C(NCc1ccccn1)[C@H]1Cc2cc(C(F)(F)F)ccc2N2CCN(C3CCCC3)C[C@@H]12. The van der Waals surface area contributed by atoms with E-state index < -0.39 is 17.7 Å². The van der Waals surface area contributed by atoms with E-state index in [2.05, 4.69) is 20.1 Å². The van der Waals surface area contributed by atoms with Crippen LogP contribution in [-0.2, 0) is 23.9 Å². The first kappa shape index (κ1) is 22.2. The lowest BCUT2D eigenvalue weighted by Gasteiger charge is -2.50. The molecule has 5 nitrogen and oxygen atoms in total. The third-order valence-corrected chi connectivity index (χ3v) is 7.42. The lowest BCUT2D eigenvalue weighted by Crippen LogP contribution is -2.62. The summed E-state index contributed by atoms with van der Waals surface area (Å²) in [5, 5.41) is 2.99. The van der Waals surface area contributed by atoms with Crippen LogP contribution < -0.4 is 10.2 Å². The highest BCUT2D eigenvalue weighted by atomic mass is 19.4. The number of fused-ring (bicyclic) bond motifs is 3. The van der Waals surface area contributed by atoms with Crippen LogP contribution >= 0.6 is 0 Å². The average molecular weight is 459 g/mol. The van der Waals surface area contributed by atoms with E-state index in [1.54, 1.807) is 12.3 Å². The Morgan fingerprint density at radius 3 is 2.67 bits per heavy atom. The number of aromatic nitrogens is 1. The Balaban J connectivity index is 1.41. The minimum absolute atomic E-state index is 0.0488. The van der Waals surface area contributed by atoms with Crippen LogP contribution in [0, 0.1) is 5.92 Å². The largest absolute Gasteiger partial charge is 0.416 e. The number of benzene rings is 1. The predicted octanol–water partition coefficient (Wildman–Crippen LogP) is 4.02. The molecule has 1 saturated heterocycles. The molecule has 33 heavy (non-hydrogen) atoms. The Morgan fingerprint density at radius 2 is 1.94 bits per heavy atom. The molecule has 2 atom stereocenters. The van der Waals surface area contributed by atoms with E-state index >= 15 is 0 Å². The van der Waals surface area contributed by atoms with Crippen molar-refractivity contribution in [2.75, 3.05) is 24.5 Å². The molecule has 3 heterocycles. The maximum absolute atomic E-state index is 13.4. The third-order valence-electron chi connectivity index (χ3n) is 7.42. The van der Waals surface area contributed by atoms with Crippen molar-refractivity contribution in [3.8, 4) is 0 Å². The zero-order valence-corrected chi connectivity index (χ0v) is 18.5. The maximum atomic E-state index is 13.4. The summed E-state index contributed by atoms with van der Waals surface area (Å²) in [7, 11) is 0. The molecule has 1 aromatic carbocycles. The van der Waals surface area contributed by atoms with Gasteiger partial charge < -0.3 is 10.2 Å². The van der Waals surface area contributed by atoms with E-state index in [9.17, 15) is 18.0 Å². The number of nitrogens with zero attached hydrogens (tertiary/aromatic N) is 3. The van der Waals surface area contributed by atoms with Gasteiger partial charge in [-0.2, -0.15) is 13.2 Å². The van der Waals surface area contributed by atoms with Gasteiger partial charge in [-0.05, 0) is 55.2 Å². The highest BCUT2D eigenvalue weighted by Gasteiger charge is 2.43. The Bertz CT molecular complexity index is 991. The van der Waals surface area contributed by atoms with Gasteiger partial charge in [0.15, 0.2) is 0 Å². The topological polar surface area (TPSA) is 48.5 Å². The van der Waals surface area contributed by atoms with Crippen LogP contribution in [-0.4, -0.2) is 47.5 Å². The van der Waals surface area contributed by atoms with E-state index in [1.807, 2.05) is 18.2 Å². The second kappa shape index (κ2) is 8.97. The summed E-state index contributed by atoms with van der Waals surface area (Å²) >= 11 is 0. The highest BCUT2D eigenvalue weighted by Crippen LogP contribution is 2.40. The minimum Gasteiger partial charge on any atom is -0.365 e. The van der Waals surface area contributed by atoms with Crippen LogP contribution in [0.25, 0.3) is 0 Å². The summed E-state index contributed by atoms with van der Waals surface area (Å²) in [5.74, 6) is -0.527. The van der Waals surface area contributed by atoms with Gasteiger partial charge in [0.05, 0.1) is 29.8 Å². The van der Waals surface area contributed by atoms with Crippen molar-refractivity contribution in [2.45, 2.75) is 56.9 Å². The maximum Gasteiger partial charge on any atom is 0.416 e. The van der Waals surface area contributed by atoms with Gasteiger partial charge in [0, 0.05) is 37.6 Å². The van der Waals surface area contributed by atoms with Crippen LogP contribution in [0.4, 0.5) is 18.9 Å². The van der Waals surface area contributed by atoms with Gasteiger partial charge in [-0.15, -0.1) is 0 Å². The molecule has 0 spiro atoms. The van der Waals surface area contributed by atoms with Crippen molar-refractivity contribution >= 4 is 11.6 Å². The van der Waals surface area contributed by atoms with E-state index in [1.165, 1.54) is 37.8 Å². The van der Waals surface area contributed by atoms with Crippen molar-refractivity contribution in [3.05, 3.63) is 59.4 Å². The third kappa shape index (κ3) is 4.58. The Labute approximate surface area is 192 Å². The molecular weight excluding hydrogens is 429 g/mol. The first-order chi connectivity index (χ1) is 15.9. The van der Waals surface area contributed by atoms with Crippen LogP contribution in [0.3, 0.4) is 0 Å². The fourth-order valence-corrected chi connectivity index (χ4v) is 5.73. The van der Waals surface area contributed by atoms with E-state index in [-0.39, 0.29) is 11.9 Å². The number of alkyl halides is 3. The van der Waals surface area contributed by atoms with Gasteiger partial charge in [-0.3, -0.25) is 14.7 Å². The first-order valence-electron chi connectivity index (χ1n) is 11.8. The molecule has 1 N–H and O–H groups in total. The molecule has 2 aromatic rings. The second-order valence-electron chi connectivity index (χ2n) is 9.38. The fourth-order valence-electron chi connectivity index (χ4n) is 5.73. The first-order valence-corrected chi connectivity index (χ1v) is 11.8. The molecule has 1 aromatic heterocycles. The molecule has 1 saturated carbocycles. The number of anilines is 1. The summed E-state index contributed by atoms with van der Waals surface area (Å²) in [5.41, 5.74) is 1.55. The van der Waals surface area contributed by atoms with E-state index in [4.69, 9.17) is 0 Å². The highest BCUT2D eigenvalue weighted by molar-refractivity contribution is 5.82. The van der Waals surface area contributed by atoms with Crippen LogP contribution in [0.5, 0.6) is 0 Å². The van der Waals surface area contributed by atoms with Gasteiger partial charge in [0.25, 0.3) is 0 Å².